The van der Waals surface area contributed by atoms with Gasteiger partial charge in [0.05, 0.1) is 11.4 Å². The van der Waals surface area contributed by atoms with Gasteiger partial charge in [-0.2, -0.15) is 0 Å². The lowest BCUT2D eigenvalue weighted by molar-refractivity contribution is 0.530. The second-order valence-corrected chi connectivity index (χ2v) is 8.27. The van der Waals surface area contributed by atoms with Gasteiger partial charge in [-0.25, -0.2) is 0 Å². The van der Waals surface area contributed by atoms with E-state index in [0.29, 0.717) is 0 Å². The Morgan fingerprint density at radius 3 is 1.59 bits per heavy atom. The molecule has 0 aliphatic carbocycles. The van der Waals surface area contributed by atoms with Crippen molar-refractivity contribution in [3.05, 3.63) is 23.8 Å². The summed E-state index contributed by atoms with van der Waals surface area (Å²) in [6, 6.07) is 6.21. The third-order valence-corrected chi connectivity index (χ3v) is 5.67. The molecule has 0 heterocycles. The quantitative estimate of drug-likeness (QED) is 0.200. The van der Waals surface area contributed by atoms with Gasteiger partial charge >= 0.3 is 0 Å². The number of rotatable bonds is 18. The molecule has 0 aliphatic heterocycles. The molecule has 3 N–H and O–H groups in total. The minimum atomic E-state index is 0.897. The second kappa shape index (κ2) is 17.0. The van der Waals surface area contributed by atoms with Crippen LogP contribution >= 0.6 is 0 Å². The van der Waals surface area contributed by atoms with Crippen molar-refractivity contribution in [3.8, 4) is 0 Å². The highest BCUT2D eigenvalue weighted by Gasteiger charge is 2.00. The first-order valence-electron chi connectivity index (χ1n) is 11.8. The van der Waals surface area contributed by atoms with Gasteiger partial charge in [0.15, 0.2) is 0 Å². The number of nitrogens with two attached hydrogens (primary N) is 1. The van der Waals surface area contributed by atoms with Crippen LogP contribution in [0.2, 0.25) is 0 Å². The average Bonchev–Trinajstić information content (AvgIpc) is 2.67. The Morgan fingerprint density at radius 1 is 0.667 bits per heavy atom. The smallest absolute Gasteiger partial charge is 0.0579 e. The number of hydrogen-bond acceptors (Lipinski definition) is 2. The molecule has 0 aliphatic rings. The van der Waals surface area contributed by atoms with E-state index in [-0.39, 0.29) is 0 Å². The summed E-state index contributed by atoms with van der Waals surface area (Å²) < 4.78 is 0. The van der Waals surface area contributed by atoms with Crippen molar-refractivity contribution in [2.75, 3.05) is 17.6 Å². The van der Waals surface area contributed by atoms with Crippen molar-refractivity contribution < 1.29 is 0 Å². The number of aryl methyl sites for hydroxylation is 1. The van der Waals surface area contributed by atoms with Crippen LogP contribution in [0.25, 0.3) is 0 Å². The van der Waals surface area contributed by atoms with Crippen LogP contribution in [0.3, 0.4) is 0 Å². The van der Waals surface area contributed by atoms with E-state index in [1.165, 1.54) is 103 Å². The number of anilines is 2. The molecule has 0 amide bonds. The van der Waals surface area contributed by atoms with Crippen LogP contribution in [0.5, 0.6) is 0 Å². The zero-order chi connectivity index (χ0) is 19.6. The average molecular weight is 375 g/mol. The molecule has 0 aromatic heterocycles. The standard InChI is InChI=1S/C25H46N2/c1-3-4-5-6-7-8-9-10-11-12-13-14-15-16-17-18-22-27-24-21-19-20-23(2)25(24)26/h19-21,27H,3-18,22,26H2,1-2H3. The third kappa shape index (κ3) is 12.8. The van der Waals surface area contributed by atoms with E-state index in [2.05, 4.69) is 37.4 Å². The molecule has 0 atom stereocenters. The van der Waals surface area contributed by atoms with E-state index in [1.807, 2.05) is 0 Å². The predicted molar refractivity (Wildman–Crippen MR) is 124 cm³/mol. The third-order valence-electron chi connectivity index (χ3n) is 5.67. The molecular weight excluding hydrogens is 328 g/mol. The molecule has 0 saturated carbocycles. The van der Waals surface area contributed by atoms with Crippen molar-refractivity contribution >= 4 is 11.4 Å². The maximum Gasteiger partial charge on any atom is 0.0579 e. The van der Waals surface area contributed by atoms with E-state index < -0.39 is 0 Å². The summed E-state index contributed by atoms with van der Waals surface area (Å²) in [5, 5.41) is 3.48. The summed E-state index contributed by atoms with van der Waals surface area (Å²) in [4.78, 5) is 0. The van der Waals surface area contributed by atoms with E-state index in [0.717, 1.165) is 23.5 Å². The highest BCUT2D eigenvalue weighted by atomic mass is 14.9. The molecule has 0 saturated heterocycles. The van der Waals surface area contributed by atoms with Crippen molar-refractivity contribution in [1.82, 2.24) is 0 Å². The summed E-state index contributed by atoms with van der Waals surface area (Å²) in [6.07, 6.45) is 22.7. The van der Waals surface area contributed by atoms with Gasteiger partial charge in [-0.3, -0.25) is 0 Å². The van der Waals surface area contributed by atoms with Crippen molar-refractivity contribution in [3.63, 3.8) is 0 Å². The molecule has 1 aromatic carbocycles. The van der Waals surface area contributed by atoms with E-state index in [4.69, 9.17) is 5.73 Å². The molecular formula is C25H46N2. The van der Waals surface area contributed by atoms with Gasteiger partial charge in [0.2, 0.25) is 0 Å². The largest absolute Gasteiger partial charge is 0.397 e. The van der Waals surface area contributed by atoms with Crippen molar-refractivity contribution in [2.24, 2.45) is 0 Å². The van der Waals surface area contributed by atoms with Gasteiger partial charge < -0.3 is 11.1 Å². The van der Waals surface area contributed by atoms with Crippen LogP contribution in [0.1, 0.15) is 115 Å². The Labute approximate surface area is 169 Å². The predicted octanol–water partition coefficient (Wildman–Crippen LogP) is 8.25. The summed E-state index contributed by atoms with van der Waals surface area (Å²) in [6.45, 7) is 5.39. The molecule has 0 bridgehead atoms. The van der Waals surface area contributed by atoms with E-state index in [1.54, 1.807) is 0 Å². The summed E-state index contributed by atoms with van der Waals surface area (Å²) >= 11 is 0. The maximum atomic E-state index is 6.09. The number of nitrogens with one attached hydrogen (secondary N) is 1. The molecule has 27 heavy (non-hydrogen) atoms. The lowest BCUT2D eigenvalue weighted by Gasteiger charge is -2.10. The van der Waals surface area contributed by atoms with Gasteiger partial charge in [-0.1, -0.05) is 115 Å². The van der Waals surface area contributed by atoms with Crippen molar-refractivity contribution in [2.45, 2.75) is 117 Å². The number of nitrogen functional groups attached to an aromatic ring is 1. The first-order valence-corrected chi connectivity index (χ1v) is 11.8. The van der Waals surface area contributed by atoms with Crippen LogP contribution in [0, 0.1) is 6.92 Å². The molecule has 0 unspecified atom stereocenters. The normalized spacial score (nSPS) is 11.0. The van der Waals surface area contributed by atoms with Crippen LogP contribution < -0.4 is 11.1 Å². The molecule has 1 rings (SSSR count). The fourth-order valence-corrected chi connectivity index (χ4v) is 3.73. The Balaban J connectivity index is 1.79. The van der Waals surface area contributed by atoms with Crippen LogP contribution in [0.15, 0.2) is 18.2 Å². The Hall–Kier alpha value is -1.18. The second-order valence-electron chi connectivity index (χ2n) is 8.27. The topological polar surface area (TPSA) is 38.0 Å². The zero-order valence-corrected chi connectivity index (χ0v) is 18.3. The maximum absolute atomic E-state index is 6.09. The van der Waals surface area contributed by atoms with Gasteiger partial charge in [0.25, 0.3) is 0 Å². The molecule has 0 fully saturated rings. The summed E-state index contributed by atoms with van der Waals surface area (Å²) in [5.74, 6) is 0. The van der Waals surface area contributed by atoms with Crippen LogP contribution in [-0.4, -0.2) is 6.54 Å². The highest BCUT2D eigenvalue weighted by Crippen LogP contribution is 2.21. The zero-order valence-electron chi connectivity index (χ0n) is 18.3. The number of unbranched alkanes of at least 4 members (excludes halogenated alkanes) is 15. The fourth-order valence-electron chi connectivity index (χ4n) is 3.73. The Bertz CT molecular complexity index is 456. The van der Waals surface area contributed by atoms with Gasteiger partial charge in [-0.15, -0.1) is 0 Å². The first kappa shape index (κ1) is 23.9. The molecule has 2 heteroatoms. The SMILES string of the molecule is CCCCCCCCCCCCCCCCCCNc1cccc(C)c1N. The Morgan fingerprint density at radius 2 is 1.11 bits per heavy atom. The molecule has 156 valence electrons. The lowest BCUT2D eigenvalue weighted by atomic mass is 10.0. The summed E-state index contributed by atoms with van der Waals surface area (Å²) in [7, 11) is 0. The van der Waals surface area contributed by atoms with Crippen LogP contribution in [-0.2, 0) is 0 Å². The number of hydrogen-bond donors (Lipinski definition) is 2. The van der Waals surface area contributed by atoms with Gasteiger partial charge in [0.1, 0.15) is 0 Å². The van der Waals surface area contributed by atoms with Crippen LogP contribution in [0.4, 0.5) is 11.4 Å². The number of benzene rings is 1. The number of para-hydroxylation sites is 1. The monoisotopic (exact) mass is 374 g/mol. The molecule has 1 aromatic rings. The molecule has 0 spiro atoms. The Kier molecular flexibility index (Phi) is 15.0. The van der Waals surface area contributed by atoms with Gasteiger partial charge in [-0.05, 0) is 25.0 Å². The van der Waals surface area contributed by atoms with Gasteiger partial charge in [0, 0.05) is 6.54 Å². The minimum absolute atomic E-state index is 0.897. The van der Waals surface area contributed by atoms with E-state index >= 15 is 0 Å². The fraction of sp³-hybridized carbons (Fsp3) is 0.760. The summed E-state index contributed by atoms with van der Waals surface area (Å²) in [5.41, 5.74) is 9.24. The highest BCUT2D eigenvalue weighted by molar-refractivity contribution is 5.69. The molecule has 2 nitrogen and oxygen atoms in total. The van der Waals surface area contributed by atoms with Crippen molar-refractivity contribution in [1.29, 1.82) is 0 Å². The van der Waals surface area contributed by atoms with E-state index in [9.17, 15) is 0 Å². The minimum Gasteiger partial charge on any atom is -0.397 e. The lowest BCUT2D eigenvalue weighted by Crippen LogP contribution is -2.05. The first-order chi connectivity index (χ1) is 13.3. The molecule has 0 radical (unpaired) electrons.